The van der Waals surface area contributed by atoms with Gasteiger partial charge >= 0.3 is 0 Å². The number of hydrogen-bond acceptors (Lipinski definition) is 5. The van der Waals surface area contributed by atoms with Crippen molar-refractivity contribution in [2.75, 3.05) is 19.5 Å². The van der Waals surface area contributed by atoms with Gasteiger partial charge in [0.05, 0.1) is 11.6 Å². The number of halogens is 1. The summed E-state index contributed by atoms with van der Waals surface area (Å²) in [5.41, 5.74) is 5.45. The van der Waals surface area contributed by atoms with E-state index in [1.54, 1.807) is 0 Å². The number of nitrogens with zero attached hydrogens (tertiary/aromatic N) is 1. The van der Waals surface area contributed by atoms with Crippen molar-refractivity contribution in [3.63, 3.8) is 0 Å². The van der Waals surface area contributed by atoms with E-state index in [1.807, 2.05) is 13.8 Å². The zero-order chi connectivity index (χ0) is 14.6. The predicted octanol–water partition coefficient (Wildman–Crippen LogP) is 1.27. The van der Waals surface area contributed by atoms with Crippen LogP contribution in [-0.2, 0) is 14.8 Å². The van der Waals surface area contributed by atoms with Crippen molar-refractivity contribution in [3.8, 4) is 0 Å². The molecule has 0 saturated carbocycles. The van der Waals surface area contributed by atoms with Crippen LogP contribution in [0.4, 0.5) is 5.82 Å². The van der Waals surface area contributed by atoms with Gasteiger partial charge in [0.1, 0.15) is 10.7 Å². The Bertz CT molecular complexity index is 534. The summed E-state index contributed by atoms with van der Waals surface area (Å²) in [7, 11) is -2.18. The Labute approximate surface area is 118 Å². The number of rotatable bonds is 6. The Morgan fingerprint density at radius 3 is 2.63 bits per heavy atom. The minimum atomic E-state index is -3.70. The van der Waals surface area contributed by atoms with Gasteiger partial charge in [-0.2, -0.15) is 0 Å². The normalized spacial score (nSPS) is 13.7. The van der Waals surface area contributed by atoms with Gasteiger partial charge in [-0.3, -0.25) is 0 Å². The van der Waals surface area contributed by atoms with E-state index < -0.39 is 10.0 Å². The molecule has 0 fully saturated rings. The van der Waals surface area contributed by atoms with Crippen LogP contribution in [0.1, 0.15) is 13.8 Å². The highest BCUT2D eigenvalue weighted by molar-refractivity contribution is 7.89. The van der Waals surface area contributed by atoms with Gasteiger partial charge in [-0.15, -0.1) is 0 Å². The van der Waals surface area contributed by atoms with E-state index in [0.29, 0.717) is 0 Å². The van der Waals surface area contributed by atoms with Crippen LogP contribution in [0.2, 0.25) is 5.02 Å². The van der Waals surface area contributed by atoms with Crippen LogP contribution in [-0.4, -0.2) is 33.2 Å². The molecule has 1 heterocycles. The molecule has 0 aromatic carbocycles. The lowest BCUT2D eigenvalue weighted by Crippen LogP contribution is -2.41. The Morgan fingerprint density at radius 1 is 1.53 bits per heavy atom. The Morgan fingerprint density at radius 2 is 2.16 bits per heavy atom. The van der Waals surface area contributed by atoms with Crippen molar-refractivity contribution in [2.24, 2.45) is 5.92 Å². The first kappa shape index (κ1) is 16.2. The number of anilines is 1. The highest BCUT2D eigenvalue weighted by Gasteiger charge is 2.23. The number of hydrogen-bond donors (Lipinski definition) is 2. The van der Waals surface area contributed by atoms with Crippen molar-refractivity contribution >= 4 is 27.4 Å². The molecule has 0 aliphatic rings. The Kier molecular flexibility index (Phi) is 5.54. The quantitative estimate of drug-likeness (QED) is 0.825. The summed E-state index contributed by atoms with van der Waals surface area (Å²) in [5.74, 6) is 0.185. The highest BCUT2D eigenvalue weighted by atomic mass is 35.5. The summed E-state index contributed by atoms with van der Waals surface area (Å²) in [6.07, 6.45) is 1.17. The lowest BCUT2D eigenvalue weighted by Gasteiger charge is -2.21. The largest absolute Gasteiger partial charge is 0.383 e. The molecule has 3 N–H and O–H groups in total. The number of nitrogens with one attached hydrogen (secondary N) is 1. The van der Waals surface area contributed by atoms with E-state index in [2.05, 4.69) is 9.71 Å². The highest BCUT2D eigenvalue weighted by Crippen LogP contribution is 2.20. The predicted molar refractivity (Wildman–Crippen MR) is 74.5 cm³/mol. The second-order valence-corrected chi connectivity index (χ2v) is 6.59. The smallest absolute Gasteiger partial charge is 0.242 e. The van der Waals surface area contributed by atoms with Crippen molar-refractivity contribution < 1.29 is 13.2 Å². The molecule has 0 bridgehead atoms. The average Bonchev–Trinajstić information content (AvgIpc) is 2.31. The minimum absolute atomic E-state index is 0.0200. The fraction of sp³-hybridized carbons (Fsp3) is 0.545. The van der Waals surface area contributed by atoms with Gasteiger partial charge < -0.3 is 10.5 Å². The maximum Gasteiger partial charge on any atom is 0.242 e. The zero-order valence-electron chi connectivity index (χ0n) is 11.1. The van der Waals surface area contributed by atoms with Crippen LogP contribution in [0.15, 0.2) is 17.2 Å². The van der Waals surface area contributed by atoms with Crippen LogP contribution in [0, 0.1) is 5.92 Å². The first-order chi connectivity index (χ1) is 8.77. The molecule has 1 aromatic rings. The van der Waals surface area contributed by atoms with Crippen LogP contribution >= 0.6 is 11.6 Å². The third kappa shape index (κ3) is 4.31. The van der Waals surface area contributed by atoms with Crippen LogP contribution in [0.5, 0.6) is 0 Å². The van der Waals surface area contributed by atoms with Crippen molar-refractivity contribution in [1.82, 2.24) is 9.71 Å². The second kappa shape index (κ2) is 6.51. The zero-order valence-corrected chi connectivity index (χ0v) is 12.6. The molecule has 6 nitrogen and oxygen atoms in total. The number of sulfonamides is 1. The molecule has 1 unspecified atom stereocenters. The molecule has 19 heavy (non-hydrogen) atoms. The average molecular weight is 308 g/mol. The minimum Gasteiger partial charge on any atom is -0.383 e. The van der Waals surface area contributed by atoms with Gasteiger partial charge in [0.25, 0.3) is 0 Å². The van der Waals surface area contributed by atoms with Gasteiger partial charge in [-0.1, -0.05) is 25.4 Å². The summed E-state index contributed by atoms with van der Waals surface area (Å²) >= 11 is 5.78. The molecular weight excluding hydrogens is 290 g/mol. The lowest BCUT2D eigenvalue weighted by atomic mass is 10.1. The third-order valence-corrected chi connectivity index (χ3v) is 4.37. The second-order valence-electron chi connectivity index (χ2n) is 4.47. The molecule has 8 heteroatoms. The first-order valence-electron chi connectivity index (χ1n) is 5.70. The van der Waals surface area contributed by atoms with E-state index in [9.17, 15) is 8.42 Å². The Hall–Kier alpha value is -0.890. The number of methoxy groups -OCH3 is 1. The molecule has 0 radical (unpaired) electrons. The molecule has 0 aliphatic carbocycles. The van der Waals surface area contributed by atoms with E-state index in [-0.39, 0.29) is 34.3 Å². The number of aromatic nitrogens is 1. The van der Waals surface area contributed by atoms with Crippen molar-refractivity contribution in [2.45, 2.75) is 24.8 Å². The van der Waals surface area contributed by atoms with Gasteiger partial charge in [-0.05, 0) is 12.0 Å². The maximum atomic E-state index is 12.2. The molecule has 1 aromatic heterocycles. The lowest BCUT2D eigenvalue weighted by molar-refractivity contribution is 0.157. The molecule has 1 atom stereocenters. The monoisotopic (exact) mass is 307 g/mol. The van der Waals surface area contributed by atoms with Crippen molar-refractivity contribution in [1.29, 1.82) is 0 Å². The van der Waals surface area contributed by atoms with Crippen LogP contribution in [0.3, 0.4) is 0 Å². The summed E-state index contributed by atoms with van der Waals surface area (Å²) in [6.45, 7) is 4.09. The molecule has 108 valence electrons. The molecular formula is C11H18ClN3O3S. The van der Waals surface area contributed by atoms with E-state index >= 15 is 0 Å². The standard InChI is InChI=1S/C11H18ClN3O3S/c1-7(2)10(6-18-3)15-19(16,17)8-4-9(12)11(13)14-5-8/h4-5,7,10,15H,6H2,1-3H3,(H2,13,14). The van der Waals surface area contributed by atoms with E-state index in [0.717, 1.165) is 0 Å². The number of pyridine rings is 1. The molecule has 0 saturated heterocycles. The molecule has 0 aliphatic heterocycles. The van der Waals surface area contributed by atoms with Crippen molar-refractivity contribution in [3.05, 3.63) is 17.3 Å². The maximum absolute atomic E-state index is 12.2. The molecule has 0 spiro atoms. The first-order valence-corrected chi connectivity index (χ1v) is 7.56. The van der Waals surface area contributed by atoms with Gasteiger partial charge in [0.15, 0.2) is 0 Å². The fourth-order valence-electron chi connectivity index (χ4n) is 1.39. The molecule has 1 rings (SSSR count). The number of nitrogen functional groups attached to an aromatic ring is 1. The summed E-state index contributed by atoms with van der Waals surface area (Å²) in [4.78, 5) is 3.72. The van der Waals surface area contributed by atoms with Gasteiger partial charge in [-0.25, -0.2) is 18.1 Å². The fourth-order valence-corrected chi connectivity index (χ4v) is 2.96. The summed E-state index contributed by atoms with van der Waals surface area (Å²) in [5, 5.41) is 0.107. The van der Waals surface area contributed by atoms with E-state index in [1.165, 1.54) is 19.4 Å². The van der Waals surface area contributed by atoms with E-state index in [4.69, 9.17) is 22.1 Å². The van der Waals surface area contributed by atoms with Gasteiger partial charge in [0.2, 0.25) is 10.0 Å². The topological polar surface area (TPSA) is 94.3 Å². The summed E-state index contributed by atoms with van der Waals surface area (Å²) < 4.78 is 31.9. The molecule has 0 amide bonds. The number of nitrogens with two attached hydrogens (primary N) is 1. The van der Waals surface area contributed by atoms with Gasteiger partial charge in [0, 0.05) is 19.3 Å². The number of ether oxygens (including phenoxy) is 1. The Balaban J connectivity index is 2.99. The SMILES string of the molecule is COCC(NS(=O)(=O)c1cnc(N)c(Cl)c1)C(C)C. The third-order valence-electron chi connectivity index (χ3n) is 2.61. The summed E-state index contributed by atoms with van der Waals surface area (Å²) in [6, 6.07) is 0.947. The van der Waals surface area contributed by atoms with Crippen LogP contribution < -0.4 is 10.5 Å². The van der Waals surface area contributed by atoms with Crippen LogP contribution in [0.25, 0.3) is 0 Å².